The van der Waals surface area contributed by atoms with Crippen molar-refractivity contribution in [2.45, 2.75) is 32.0 Å². The van der Waals surface area contributed by atoms with E-state index >= 15 is 0 Å². The Morgan fingerprint density at radius 1 is 1.33 bits per heavy atom. The van der Waals surface area contributed by atoms with Gasteiger partial charge in [-0.15, -0.1) is 12.4 Å². The summed E-state index contributed by atoms with van der Waals surface area (Å²) >= 11 is 0. The molecule has 15 heavy (non-hydrogen) atoms. The van der Waals surface area contributed by atoms with E-state index in [0.717, 1.165) is 4.90 Å². The van der Waals surface area contributed by atoms with E-state index in [1.54, 1.807) is 0 Å². The zero-order chi connectivity index (χ0) is 11.5. The summed E-state index contributed by atoms with van der Waals surface area (Å²) in [6.07, 6.45) is -0.994. The third-order valence-corrected chi connectivity index (χ3v) is 2.09. The number of aliphatic hydroxyl groups is 1. The summed E-state index contributed by atoms with van der Waals surface area (Å²) in [7, 11) is 1.34. The Balaban J connectivity index is 0. The number of carbonyl (C=O) groups is 2. The first-order chi connectivity index (χ1) is 6.29. The van der Waals surface area contributed by atoms with Crippen LogP contribution < -0.4 is 5.73 Å². The Labute approximate surface area is 94.5 Å². The molecule has 3 atom stereocenters. The number of likely N-dealkylation sites (N-methyl/N-ethyl adjacent to an activating group) is 1. The molecular weight excluding hydrogens is 224 g/mol. The van der Waals surface area contributed by atoms with Crippen LogP contribution in [0.4, 0.5) is 0 Å². The predicted octanol–water partition coefficient (Wildman–Crippen LogP) is -0.952. The van der Waals surface area contributed by atoms with E-state index in [-0.39, 0.29) is 12.4 Å². The molecule has 0 aromatic heterocycles. The van der Waals surface area contributed by atoms with E-state index in [0.29, 0.717) is 0 Å². The molecule has 0 spiro atoms. The molecule has 90 valence electrons. The smallest absolute Gasteiger partial charge is 0.326 e. The number of carboxylic acids is 1. The number of amides is 1. The summed E-state index contributed by atoms with van der Waals surface area (Å²) < 4.78 is 0. The van der Waals surface area contributed by atoms with Gasteiger partial charge in [-0.05, 0) is 13.8 Å². The highest BCUT2D eigenvalue weighted by Crippen LogP contribution is 2.01. The molecule has 6 nitrogen and oxygen atoms in total. The lowest BCUT2D eigenvalue weighted by Crippen LogP contribution is -2.52. The van der Waals surface area contributed by atoms with Crippen LogP contribution in [-0.2, 0) is 9.59 Å². The summed E-state index contributed by atoms with van der Waals surface area (Å²) in [4.78, 5) is 22.9. The highest BCUT2D eigenvalue weighted by atomic mass is 35.5. The number of hydrogen-bond acceptors (Lipinski definition) is 4. The molecule has 4 N–H and O–H groups in total. The number of aliphatic carboxylic acids is 1. The number of halogens is 1. The molecule has 0 saturated heterocycles. The Bertz CT molecular complexity index is 235. The van der Waals surface area contributed by atoms with Crippen molar-refractivity contribution in [3.8, 4) is 0 Å². The van der Waals surface area contributed by atoms with Crippen molar-refractivity contribution in [1.29, 1.82) is 0 Å². The summed E-state index contributed by atoms with van der Waals surface area (Å²) in [6, 6.07) is -2.03. The molecule has 0 rings (SSSR count). The van der Waals surface area contributed by atoms with Gasteiger partial charge in [0.25, 0.3) is 0 Å². The van der Waals surface area contributed by atoms with Gasteiger partial charge in [-0.1, -0.05) is 0 Å². The molecule has 0 aliphatic rings. The first-order valence-corrected chi connectivity index (χ1v) is 4.22. The summed E-state index contributed by atoms with van der Waals surface area (Å²) in [5.74, 6) is -1.70. The number of nitrogens with two attached hydrogens (primary N) is 1. The minimum absolute atomic E-state index is 0. The van der Waals surface area contributed by atoms with Gasteiger partial charge in [0.2, 0.25) is 5.91 Å². The zero-order valence-corrected chi connectivity index (χ0v) is 9.69. The Morgan fingerprint density at radius 2 is 1.73 bits per heavy atom. The van der Waals surface area contributed by atoms with Gasteiger partial charge < -0.3 is 20.8 Å². The second-order valence-electron chi connectivity index (χ2n) is 3.23. The first kappa shape index (κ1) is 16.6. The molecule has 7 heteroatoms. The maximum absolute atomic E-state index is 11.4. The number of rotatable bonds is 4. The second-order valence-corrected chi connectivity index (χ2v) is 3.23. The lowest BCUT2D eigenvalue weighted by atomic mass is 10.1. The van der Waals surface area contributed by atoms with Gasteiger partial charge in [0.05, 0.1) is 6.10 Å². The fourth-order valence-electron chi connectivity index (χ4n) is 0.798. The van der Waals surface area contributed by atoms with Crippen LogP contribution in [0.3, 0.4) is 0 Å². The van der Waals surface area contributed by atoms with Crippen LogP contribution in [0.15, 0.2) is 0 Å². The molecule has 0 bridgehead atoms. The molecule has 0 fully saturated rings. The quantitative estimate of drug-likeness (QED) is 0.588. The fraction of sp³-hybridized carbons (Fsp3) is 0.750. The normalized spacial score (nSPS) is 15.8. The molecule has 1 amide bonds. The third kappa shape index (κ3) is 4.46. The van der Waals surface area contributed by atoms with Gasteiger partial charge >= 0.3 is 5.97 Å². The van der Waals surface area contributed by atoms with Crippen molar-refractivity contribution in [3.63, 3.8) is 0 Å². The Morgan fingerprint density at radius 3 is 2.00 bits per heavy atom. The maximum atomic E-state index is 11.4. The van der Waals surface area contributed by atoms with Gasteiger partial charge in [-0.3, -0.25) is 4.79 Å². The molecule has 0 aliphatic heterocycles. The topological polar surface area (TPSA) is 104 Å². The maximum Gasteiger partial charge on any atom is 0.326 e. The summed E-state index contributed by atoms with van der Waals surface area (Å²) in [5, 5.41) is 17.7. The van der Waals surface area contributed by atoms with Gasteiger partial charge in [-0.25, -0.2) is 4.79 Å². The Kier molecular flexibility index (Phi) is 7.29. The largest absolute Gasteiger partial charge is 0.480 e. The highest BCUT2D eigenvalue weighted by Gasteiger charge is 2.28. The monoisotopic (exact) mass is 240 g/mol. The zero-order valence-electron chi connectivity index (χ0n) is 8.88. The van der Waals surface area contributed by atoms with Crippen LogP contribution in [0.2, 0.25) is 0 Å². The van der Waals surface area contributed by atoms with Gasteiger partial charge in [0, 0.05) is 7.05 Å². The fourth-order valence-corrected chi connectivity index (χ4v) is 0.798. The molecule has 0 heterocycles. The second kappa shape index (κ2) is 6.60. The molecule has 1 unspecified atom stereocenters. The van der Waals surface area contributed by atoms with E-state index in [1.807, 2.05) is 0 Å². The van der Waals surface area contributed by atoms with E-state index in [1.165, 1.54) is 20.9 Å². The number of nitrogens with zero attached hydrogens (tertiary/aromatic N) is 1. The van der Waals surface area contributed by atoms with Crippen LogP contribution >= 0.6 is 12.4 Å². The van der Waals surface area contributed by atoms with E-state index in [9.17, 15) is 9.59 Å². The van der Waals surface area contributed by atoms with Crippen LogP contribution in [0.25, 0.3) is 0 Å². The predicted molar refractivity (Wildman–Crippen MR) is 56.8 cm³/mol. The lowest BCUT2D eigenvalue weighted by Gasteiger charge is -2.25. The molecular formula is C8H17ClN2O4. The molecule has 0 aromatic rings. The van der Waals surface area contributed by atoms with E-state index in [4.69, 9.17) is 15.9 Å². The molecule has 0 saturated carbocycles. The average Bonchev–Trinajstić information content (AvgIpc) is 2.12. The summed E-state index contributed by atoms with van der Waals surface area (Å²) in [5.41, 5.74) is 5.36. The standard InChI is InChI=1S/C8H16N2O4.ClH/c1-4(8(13)14)10(3)7(12)6(9)5(2)11;/h4-6,11H,9H2,1-3H3,(H,13,14);1H/t4?,5-,6+;/m1./s1. The minimum atomic E-state index is -1.11. The number of carbonyl (C=O) groups excluding carboxylic acids is 1. The minimum Gasteiger partial charge on any atom is -0.480 e. The molecule has 0 radical (unpaired) electrons. The van der Waals surface area contributed by atoms with Gasteiger partial charge in [0.1, 0.15) is 12.1 Å². The Hall–Kier alpha value is -0.850. The molecule has 0 aromatic carbocycles. The van der Waals surface area contributed by atoms with Crippen molar-refractivity contribution in [2.24, 2.45) is 5.73 Å². The van der Waals surface area contributed by atoms with Gasteiger partial charge in [0.15, 0.2) is 0 Å². The molecule has 0 aliphatic carbocycles. The van der Waals surface area contributed by atoms with E-state index in [2.05, 4.69) is 0 Å². The van der Waals surface area contributed by atoms with Crippen molar-refractivity contribution in [3.05, 3.63) is 0 Å². The average molecular weight is 241 g/mol. The van der Waals surface area contributed by atoms with Crippen LogP contribution in [0.5, 0.6) is 0 Å². The SMILES string of the molecule is CC(C(=O)O)N(C)C(=O)[C@@H](N)[C@@H](C)O.Cl. The number of hydrogen-bond donors (Lipinski definition) is 3. The number of carboxylic acid groups (broad SMARTS) is 1. The third-order valence-electron chi connectivity index (χ3n) is 2.09. The van der Waals surface area contributed by atoms with Crippen molar-refractivity contribution in [1.82, 2.24) is 4.90 Å². The van der Waals surface area contributed by atoms with Crippen molar-refractivity contribution >= 4 is 24.3 Å². The van der Waals surface area contributed by atoms with Crippen LogP contribution in [-0.4, -0.2) is 52.2 Å². The first-order valence-electron chi connectivity index (χ1n) is 4.22. The highest BCUT2D eigenvalue weighted by molar-refractivity contribution is 5.86. The number of aliphatic hydroxyl groups excluding tert-OH is 1. The van der Waals surface area contributed by atoms with E-state index < -0.39 is 30.1 Å². The van der Waals surface area contributed by atoms with Crippen molar-refractivity contribution in [2.75, 3.05) is 7.05 Å². The van der Waals surface area contributed by atoms with Crippen molar-refractivity contribution < 1.29 is 19.8 Å². The van der Waals surface area contributed by atoms with Gasteiger partial charge in [-0.2, -0.15) is 0 Å². The summed E-state index contributed by atoms with van der Waals surface area (Å²) in [6.45, 7) is 2.75. The van der Waals surface area contributed by atoms with Crippen LogP contribution in [0, 0.1) is 0 Å². The van der Waals surface area contributed by atoms with Crippen LogP contribution in [0.1, 0.15) is 13.8 Å². The lowest BCUT2D eigenvalue weighted by molar-refractivity contribution is -0.149.